The topological polar surface area (TPSA) is 67.9 Å². The van der Waals surface area contributed by atoms with Crippen LogP contribution in [0.2, 0.25) is 0 Å². The predicted molar refractivity (Wildman–Crippen MR) is 101 cm³/mol. The molecule has 1 aromatic carbocycles. The zero-order chi connectivity index (χ0) is 18.9. The standard InChI is InChI=1S/C19H25BrN2O4/c1-4-12-5-7-19(8-6-12)17(23)22(18(24)21-19)11-13-9-15(25-2)16(26-3)10-14(13)20/h9-10,12H,4-8,11H2,1-3H3,(H,21,24). The van der Waals surface area contributed by atoms with Gasteiger partial charge in [0.25, 0.3) is 5.91 Å². The van der Waals surface area contributed by atoms with E-state index in [0.717, 1.165) is 42.1 Å². The number of amides is 3. The first kappa shape index (κ1) is 19.0. The molecule has 6 nitrogen and oxygen atoms in total. The Balaban J connectivity index is 1.81. The monoisotopic (exact) mass is 424 g/mol. The van der Waals surface area contributed by atoms with Crippen molar-refractivity contribution in [1.82, 2.24) is 10.2 Å². The average Bonchev–Trinajstić information content (AvgIpc) is 2.87. The van der Waals surface area contributed by atoms with Crippen molar-refractivity contribution in [2.45, 2.75) is 51.1 Å². The Hall–Kier alpha value is -1.76. The Morgan fingerprint density at radius 3 is 2.38 bits per heavy atom. The van der Waals surface area contributed by atoms with Gasteiger partial charge in [-0.25, -0.2) is 4.79 Å². The molecule has 3 rings (SSSR count). The lowest BCUT2D eigenvalue weighted by Gasteiger charge is -2.34. The fourth-order valence-electron chi connectivity index (χ4n) is 3.93. The smallest absolute Gasteiger partial charge is 0.325 e. The van der Waals surface area contributed by atoms with Gasteiger partial charge < -0.3 is 14.8 Å². The third-order valence-corrected chi connectivity index (χ3v) is 6.40. The highest BCUT2D eigenvalue weighted by Crippen LogP contribution is 2.39. The molecule has 2 aliphatic rings. The lowest BCUT2D eigenvalue weighted by molar-refractivity contribution is -0.133. The van der Waals surface area contributed by atoms with Gasteiger partial charge in [-0.2, -0.15) is 0 Å². The van der Waals surface area contributed by atoms with E-state index >= 15 is 0 Å². The second kappa shape index (κ2) is 7.47. The number of hydrogen-bond acceptors (Lipinski definition) is 4. The zero-order valence-corrected chi connectivity index (χ0v) is 17.0. The number of nitrogens with one attached hydrogen (secondary N) is 1. The molecule has 1 N–H and O–H groups in total. The summed E-state index contributed by atoms with van der Waals surface area (Å²) < 4.78 is 11.4. The maximum atomic E-state index is 13.1. The molecule has 0 bridgehead atoms. The molecule has 1 aliphatic carbocycles. The molecule has 26 heavy (non-hydrogen) atoms. The molecule has 142 valence electrons. The number of urea groups is 1. The summed E-state index contributed by atoms with van der Waals surface area (Å²) in [6.45, 7) is 2.38. The quantitative estimate of drug-likeness (QED) is 0.728. The largest absolute Gasteiger partial charge is 0.493 e. The van der Waals surface area contributed by atoms with Crippen LogP contribution in [0.4, 0.5) is 4.79 Å². The molecule has 2 fully saturated rings. The van der Waals surface area contributed by atoms with E-state index in [9.17, 15) is 9.59 Å². The first-order valence-electron chi connectivity index (χ1n) is 8.98. The van der Waals surface area contributed by atoms with Crippen molar-refractivity contribution in [2.24, 2.45) is 5.92 Å². The fraction of sp³-hybridized carbons (Fsp3) is 0.579. The first-order chi connectivity index (χ1) is 12.4. The Bertz CT molecular complexity index is 714. The molecule has 1 saturated carbocycles. The summed E-state index contributed by atoms with van der Waals surface area (Å²) in [6, 6.07) is 3.27. The van der Waals surface area contributed by atoms with Gasteiger partial charge in [0.05, 0.1) is 20.8 Å². The van der Waals surface area contributed by atoms with Crippen molar-refractivity contribution in [3.05, 3.63) is 22.2 Å². The summed E-state index contributed by atoms with van der Waals surface area (Å²) in [4.78, 5) is 26.9. The van der Waals surface area contributed by atoms with E-state index in [0.29, 0.717) is 17.4 Å². The number of ether oxygens (including phenoxy) is 2. The molecule has 0 unspecified atom stereocenters. The van der Waals surface area contributed by atoms with Crippen molar-refractivity contribution in [2.75, 3.05) is 14.2 Å². The molecule has 7 heteroatoms. The van der Waals surface area contributed by atoms with Crippen molar-refractivity contribution < 1.29 is 19.1 Å². The molecule has 0 radical (unpaired) electrons. The lowest BCUT2D eigenvalue weighted by atomic mass is 9.75. The summed E-state index contributed by atoms with van der Waals surface area (Å²) in [6.07, 6.45) is 4.53. The minimum atomic E-state index is -0.716. The van der Waals surface area contributed by atoms with Crippen LogP contribution in [0.15, 0.2) is 16.6 Å². The van der Waals surface area contributed by atoms with E-state index in [-0.39, 0.29) is 18.5 Å². The third-order valence-electron chi connectivity index (χ3n) is 5.66. The van der Waals surface area contributed by atoms with E-state index in [4.69, 9.17) is 9.47 Å². The summed E-state index contributed by atoms with van der Waals surface area (Å²) in [7, 11) is 3.13. The maximum absolute atomic E-state index is 13.1. The highest BCUT2D eigenvalue weighted by Gasteiger charge is 2.52. The van der Waals surface area contributed by atoms with Crippen LogP contribution in [0.5, 0.6) is 11.5 Å². The molecular formula is C19H25BrN2O4. The molecule has 0 aromatic heterocycles. The van der Waals surface area contributed by atoms with Crippen LogP contribution in [0.25, 0.3) is 0 Å². The van der Waals surface area contributed by atoms with Gasteiger partial charge >= 0.3 is 6.03 Å². The molecule has 1 aromatic rings. The molecule has 1 aliphatic heterocycles. The van der Waals surface area contributed by atoms with Crippen molar-refractivity contribution in [3.63, 3.8) is 0 Å². The number of imide groups is 1. The minimum Gasteiger partial charge on any atom is -0.493 e. The second-order valence-electron chi connectivity index (χ2n) is 7.05. The number of benzene rings is 1. The van der Waals surface area contributed by atoms with Crippen LogP contribution in [-0.2, 0) is 11.3 Å². The molecular weight excluding hydrogens is 400 g/mol. The van der Waals surface area contributed by atoms with E-state index < -0.39 is 5.54 Å². The summed E-state index contributed by atoms with van der Waals surface area (Å²) in [5.41, 5.74) is 0.0802. The van der Waals surface area contributed by atoms with Gasteiger partial charge in [0.1, 0.15) is 5.54 Å². The molecule has 0 atom stereocenters. The van der Waals surface area contributed by atoms with E-state index in [2.05, 4.69) is 28.2 Å². The summed E-state index contributed by atoms with van der Waals surface area (Å²) in [5, 5.41) is 2.97. The van der Waals surface area contributed by atoms with Crippen LogP contribution >= 0.6 is 15.9 Å². The highest BCUT2D eigenvalue weighted by atomic mass is 79.9. The van der Waals surface area contributed by atoms with Crippen LogP contribution in [0.3, 0.4) is 0 Å². The van der Waals surface area contributed by atoms with Crippen molar-refractivity contribution >= 4 is 27.9 Å². The van der Waals surface area contributed by atoms with Gasteiger partial charge in [-0.15, -0.1) is 0 Å². The van der Waals surface area contributed by atoms with Crippen LogP contribution in [0, 0.1) is 5.92 Å². The minimum absolute atomic E-state index is 0.112. The average molecular weight is 425 g/mol. The molecule has 1 saturated heterocycles. The Morgan fingerprint density at radius 1 is 1.19 bits per heavy atom. The van der Waals surface area contributed by atoms with Gasteiger partial charge in [-0.05, 0) is 49.3 Å². The van der Waals surface area contributed by atoms with Gasteiger partial charge in [-0.1, -0.05) is 29.3 Å². The number of rotatable bonds is 5. The first-order valence-corrected chi connectivity index (χ1v) is 9.78. The van der Waals surface area contributed by atoms with Crippen LogP contribution in [0.1, 0.15) is 44.6 Å². The number of carbonyl (C=O) groups is 2. The number of halogens is 1. The number of carbonyl (C=O) groups excluding carboxylic acids is 2. The van der Waals surface area contributed by atoms with Crippen LogP contribution in [-0.4, -0.2) is 36.6 Å². The van der Waals surface area contributed by atoms with E-state index in [1.165, 1.54) is 4.90 Å². The SMILES string of the molecule is CCC1CCC2(CC1)NC(=O)N(Cc1cc(OC)c(OC)cc1Br)C2=O. The highest BCUT2D eigenvalue weighted by molar-refractivity contribution is 9.10. The third kappa shape index (κ3) is 3.29. The zero-order valence-electron chi connectivity index (χ0n) is 15.4. The number of methoxy groups -OCH3 is 2. The van der Waals surface area contributed by atoms with Gasteiger partial charge in [0, 0.05) is 4.47 Å². The maximum Gasteiger partial charge on any atom is 0.325 e. The summed E-state index contributed by atoms with van der Waals surface area (Å²) in [5.74, 6) is 1.70. The summed E-state index contributed by atoms with van der Waals surface area (Å²) >= 11 is 3.50. The normalized spacial score (nSPS) is 25.5. The molecule has 1 heterocycles. The molecule has 3 amide bonds. The Morgan fingerprint density at radius 2 is 1.81 bits per heavy atom. The predicted octanol–water partition coefficient (Wildman–Crippen LogP) is 3.86. The van der Waals surface area contributed by atoms with E-state index in [1.807, 2.05) is 0 Å². The number of nitrogens with zero attached hydrogens (tertiary/aromatic N) is 1. The number of hydrogen-bond donors (Lipinski definition) is 1. The second-order valence-corrected chi connectivity index (χ2v) is 7.91. The fourth-order valence-corrected chi connectivity index (χ4v) is 4.37. The van der Waals surface area contributed by atoms with Crippen LogP contribution < -0.4 is 14.8 Å². The Labute approximate surface area is 162 Å². The van der Waals surface area contributed by atoms with Crippen molar-refractivity contribution in [3.8, 4) is 11.5 Å². The van der Waals surface area contributed by atoms with Gasteiger partial charge in [-0.3, -0.25) is 9.69 Å². The molecule has 1 spiro atoms. The van der Waals surface area contributed by atoms with Crippen molar-refractivity contribution in [1.29, 1.82) is 0 Å². The lowest BCUT2D eigenvalue weighted by Crippen LogP contribution is -2.49. The Kier molecular flexibility index (Phi) is 5.46. The van der Waals surface area contributed by atoms with E-state index in [1.54, 1.807) is 26.4 Å². The van der Waals surface area contributed by atoms with Gasteiger partial charge in [0.2, 0.25) is 0 Å². The van der Waals surface area contributed by atoms with Gasteiger partial charge in [0.15, 0.2) is 11.5 Å².